The summed E-state index contributed by atoms with van der Waals surface area (Å²) in [6, 6.07) is 6.41. The molecule has 0 aliphatic heterocycles. The summed E-state index contributed by atoms with van der Waals surface area (Å²) in [4.78, 5) is 2.33. The molecule has 0 bridgehead atoms. The van der Waals surface area contributed by atoms with Crippen LogP contribution in [0.2, 0.25) is 0 Å². The van der Waals surface area contributed by atoms with Gasteiger partial charge in [-0.2, -0.15) is 18.4 Å². The van der Waals surface area contributed by atoms with Crippen LogP contribution >= 0.6 is 0 Å². The first-order valence-corrected chi connectivity index (χ1v) is 5.69. The summed E-state index contributed by atoms with van der Waals surface area (Å²) in [6.07, 6.45) is -4.80. The summed E-state index contributed by atoms with van der Waals surface area (Å²) >= 11 is 0. The van der Waals surface area contributed by atoms with Crippen LogP contribution in [0, 0.1) is 11.3 Å². The molecule has 100 valence electrons. The van der Waals surface area contributed by atoms with Gasteiger partial charge in [-0.05, 0) is 25.1 Å². The molecule has 2 rings (SSSR count). The van der Waals surface area contributed by atoms with Crippen LogP contribution in [0.5, 0.6) is 5.75 Å². The largest absolute Gasteiger partial charge is 0.494 e. The highest BCUT2D eigenvalue weighted by Gasteiger charge is 2.36. The Labute approximate surface area is 107 Å². The van der Waals surface area contributed by atoms with Gasteiger partial charge in [-0.25, -0.2) is 0 Å². The zero-order valence-electron chi connectivity index (χ0n) is 10.1. The van der Waals surface area contributed by atoms with E-state index in [0.29, 0.717) is 23.3 Å². The van der Waals surface area contributed by atoms with E-state index in [1.54, 1.807) is 19.1 Å². The number of benzene rings is 1. The van der Waals surface area contributed by atoms with Gasteiger partial charge in [0.2, 0.25) is 0 Å². The maximum absolute atomic E-state index is 12.9. The quantitative estimate of drug-likeness (QED) is 0.923. The summed E-state index contributed by atoms with van der Waals surface area (Å²) in [5.74, 6) is 0.488. The SMILES string of the molecule is CCOc1ccc2[nH]c(C(F)(F)F)c(CC#N)c2c1. The molecule has 0 aliphatic rings. The molecule has 0 saturated carbocycles. The monoisotopic (exact) mass is 268 g/mol. The minimum absolute atomic E-state index is 0.0356. The molecular formula is C13H11F3N2O. The molecule has 0 fully saturated rings. The number of hydrogen-bond acceptors (Lipinski definition) is 2. The maximum Gasteiger partial charge on any atom is 0.431 e. The Morgan fingerprint density at radius 3 is 2.68 bits per heavy atom. The fraction of sp³-hybridized carbons (Fsp3) is 0.308. The minimum Gasteiger partial charge on any atom is -0.494 e. The van der Waals surface area contributed by atoms with E-state index in [1.807, 2.05) is 0 Å². The fourth-order valence-electron chi connectivity index (χ4n) is 1.99. The molecule has 1 aromatic heterocycles. The average Bonchev–Trinajstić information content (AvgIpc) is 2.69. The normalized spacial score (nSPS) is 11.5. The molecule has 0 amide bonds. The van der Waals surface area contributed by atoms with E-state index in [-0.39, 0.29) is 12.0 Å². The molecule has 6 heteroatoms. The van der Waals surface area contributed by atoms with Crippen molar-refractivity contribution < 1.29 is 17.9 Å². The zero-order chi connectivity index (χ0) is 14.0. The number of rotatable bonds is 3. The highest BCUT2D eigenvalue weighted by molar-refractivity contribution is 5.86. The van der Waals surface area contributed by atoms with Crippen LogP contribution in [0.4, 0.5) is 13.2 Å². The van der Waals surface area contributed by atoms with E-state index in [1.165, 1.54) is 12.1 Å². The molecule has 0 unspecified atom stereocenters. The van der Waals surface area contributed by atoms with Gasteiger partial charge in [-0.1, -0.05) is 0 Å². The van der Waals surface area contributed by atoms with Crippen LogP contribution in [-0.2, 0) is 12.6 Å². The average molecular weight is 268 g/mol. The number of halogens is 3. The minimum atomic E-state index is -4.50. The predicted molar refractivity (Wildman–Crippen MR) is 63.8 cm³/mol. The molecule has 19 heavy (non-hydrogen) atoms. The second kappa shape index (κ2) is 4.84. The molecule has 2 aromatic rings. The van der Waals surface area contributed by atoms with Crippen molar-refractivity contribution in [2.24, 2.45) is 0 Å². The van der Waals surface area contributed by atoms with Gasteiger partial charge >= 0.3 is 6.18 Å². The summed E-state index contributed by atoms with van der Waals surface area (Å²) in [7, 11) is 0. The number of ether oxygens (including phenoxy) is 1. The van der Waals surface area contributed by atoms with Crippen molar-refractivity contribution in [1.82, 2.24) is 4.98 Å². The lowest BCUT2D eigenvalue weighted by molar-refractivity contribution is -0.141. The molecule has 3 nitrogen and oxygen atoms in total. The van der Waals surface area contributed by atoms with Gasteiger partial charge in [-0.3, -0.25) is 0 Å². The number of nitrogens with zero attached hydrogens (tertiary/aromatic N) is 1. The first-order valence-electron chi connectivity index (χ1n) is 5.69. The van der Waals surface area contributed by atoms with Crippen LogP contribution in [-0.4, -0.2) is 11.6 Å². The first-order chi connectivity index (χ1) is 8.97. The number of nitriles is 1. The van der Waals surface area contributed by atoms with Gasteiger partial charge in [0, 0.05) is 16.5 Å². The zero-order valence-corrected chi connectivity index (χ0v) is 10.1. The third kappa shape index (κ3) is 2.50. The van der Waals surface area contributed by atoms with Gasteiger partial charge in [-0.15, -0.1) is 0 Å². The van der Waals surface area contributed by atoms with Gasteiger partial charge in [0.1, 0.15) is 11.4 Å². The Hall–Kier alpha value is -2.16. The lowest BCUT2D eigenvalue weighted by Gasteiger charge is -2.05. The van der Waals surface area contributed by atoms with E-state index in [4.69, 9.17) is 10.00 Å². The molecule has 1 heterocycles. The molecule has 0 radical (unpaired) electrons. The van der Waals surface area contributed by atoms with Crippen molar-refractivity contribution >= 4 is 10.9 Å². The Morgan fingerprint density at radius 1 is 1.37 bits per heavy atom. The summed E-state index contributed by atoms with van der Waals surface area (Å²) in [5, 5.41) is 9.07. The number of fused-ring (bicyclic) bond motifs is 1. The summed E-state index contributed by atoms with van der Waals surface area (Å²) in [5.41, 5.74) is -0.551. The molecule has 0 saturated heterocycles. The topological polar surface area (TPSA) is 48.8 Å². The highest BCUT2D eigenvalue weighted by atomic mass is 19.4. The van der Waals surface area contributed by atoms with E-state index in [2.05, 4.69) is 4.98 Å². The Bertz CT molecular complexity index is 638. The van der Waals surface area contributed by atoms with Crippen LogP contribution < -0.4 is 4.74 Å². The van der Waals surface area contributed by atoms with Crippen molar-refractivity contribution in [3.8, 4) is 11.8 Å². The van der Waals surface area contributed by atoms with Crippen molar-refractivity contribution in [2.45, 2.75) is 19.5 Å². The Balaban J connectivity index is 2.65. The second-order valence-electron chi connectivity index (χ2n) is 3.95. The third-order valence-electron chi connectivity index (χ3n) is 2.73. The van der Waals surface area contributed by atoms with Crippen LogP contribution in [0.3, 0.4) is 0 Å². The number of hydrogen-bond donors (Lipinski definition) is 1. The molecular weight excluding hydrogens is 257 g/mol. The van der Waals surface area contributed by atoms with Crippen LogP contribution in [0.25, 0.3) is 10.9 Å². The number of aromatic nitrogens is 1. The Morgan fingerprint density at radius 2 is 2.11 bits per heavy atom. The van der Waals surface area contributed by atoms with Gasteiger partial charge in [0.25, 0.3) is 0 Å². The van der Waals surface area contributed by atoms with Crippen LogP contribution in [0.15, 0.2) is 18.2 Å². The third-order valence-corrected chi connectivity index (χ3v) is 2.73. The standard InChI is InChI=1S/C13H11F3N2O/c1-2-19-8-3-4-11-10(7-8)9(5-6-17)12(18-11)13(14,15)16/h3-4,7,18H,2,5H2,1H3. The van der Waals surface area contributed by atoms with Gasteiger partial charge in [0.05, 0.1) is 19.1 Å². The predicted octanol–water partition coefficient (Wildman–Crippen LogP) is 3.65. The lowest BCUT2D eigenvalue weighted by atomic mass is 10.1. The smallest absolute Gasteiger partial charge is 0.431 e. The van der Waals surface area contributed by atoms with E-state index in [0.717, 1.165) is 0 Å². The number of H-pyrrole nitrogens is 1. The van der Waals surface area contributed by atoms with Crippen molar-refractivity contribution in [3.05, 3.63) is 29.5 Å². The van der Waals surface area contributed by atoms with Crippen molar-refractivity contribution in [3.63, 3.8) is 0 Å². The Kier molecular flexibility index (Phi) is 3.38. The van der Waals surface area contributed by atoms with Crippen molar-refractivity contribution in [1.29, 1.82) is 5.26 Å². The number of alkyl halides is 3. The summed E-state index contributed by atoms with van der Waals surface area (Å²) in [6.45, 7) is 2.22. The van der Waals surface area contributed by atoms with E-state index < -0.39 is 11.9 Å². The highest BCUT2D eigenvalue weighted by Crippen LogP contribution is 2.36. The molecule has 0 aliphatic carbocycles. The number of aromatic amines is 1. The maximum atomic E-state index is 12.9. The molecule has 1 N–H and O–H groups in total. The molecule has 1 aromatic carbocycles. The second-order valence-corrected chi connectivity index (χ2v) is 3.95. The summed E-state index contributed by atoms with van der Waals surface area (Å²) < 4.78 is 43.9. The fourth-order valence-corrected chi connectivity index (χ4v) is 1.99. The van der Waals surface area contributed by atoms with Gasteiger partial charge < -0.3 is 9.72 Å². The lowest BCUT2D eigenvalue weighted by Crippen LogP contribution is -2.08. The van der Waals surface area contributed by atoms with E-state index >= 15 is 0 Å². The first kappa shape index (κ1) is 13.3. The number of nitrogens with one attached hydrogen (secondary N) is 1. The van der Waals surface area contributed by atoms with Gasteiger partial charge in [0.15, 0.2) is 0 Å². The van der Waals surface area contributed by atoms with Crippen molar-refractivity contribution in [2.75, 3.05) is 6.61 Å². The molecule has 0 spiro atoms. The van der Waals surface area contributed by atoms with Crippen LogP contribution in [0.1, 0.15) is 18.2 Å². The van der Waals surface area contributed by atoms with E-state index in [9.17, 15) is 13.2 Å². The molecule has 0 atom stereocenters.